The molecule has 0 aliphatic carbocycles. The molecule has 0 saturated heterocycles. The lowest BCUT2D eigenvalue weighted by molar-refractivity contribution is 0.595. The minimum atomic E-state index is 0.804. The van der Waals surface area contributed by atoms with Gasteiger partial charge in [-0.3, -0.25) is 0 Å². The molecule has 0 radical (unpaired) electrons. The Bertz CT molecular complexity index is 606. The predicted molar refractivity (Wildman–Crippen MR) is 66.5 cm³/mol. The van der Waals surface area contributed by atoms with Gasteiger partial charge in [0.25, 0.3) is 0 Å². The number of nitrogens with one attached hydrogen (secondary N) is 1. The van der Waals surface area contributed by atoms with Crippen LogP contribution in [-0.4, -0.2) is 9.97 Å². The quantitative estimate of drug-likeness (QED) is 0.722. The molecule has 0 amide bonds. The summed E-state index contributed by atoms with van der Waals surface area (Å²) in [6.45, 7) is 2.07. The van der Waals surface area contributed by atoms with Crippen LogP contribution in [0, 0.1) is 6.92 Å². The third-order valence-corrected chi connectivity index (χ3v) is 2.71. The molecule has 1 aromatic carbocycles. The standard InChI is InChI=1S/C14H12N2O/c1-10-2-4-11(5-3-10)13-6-7-14(17-13)12-8-15-9-16-12/h2-9H,1H3,(H,15,16). The van der Waals surface area contributed by atoms with E-state index in [0.29, 0.717) is 0 Å². The van der Waals surface area contributed by atoms with E-state index >= 15 is 0 Å². The second kappa shape index (κ2) is 3.94. The molecule has 3 aromatic rings. The summed E-state index contributed by atoms with van der Waals surface area (Å²) >= 11 is 0. The zero-order valence-electron chi connectivity index (χ0n) is 9.47. The largest absolute Gasteiger partial charge is 0.454 e. The van der Waals surface area contributed by atoms with Gasteiger partial charge in [-0.25, -0.2) is 4.98 Å². The number of nitrogens with zero attached hydrogens (tertiary/aromatic N) is 1. The van der Waals surface area contributed by atoms with Gasteiger partial charge >= 0.3 is 0 Å². The monoisotopic (exact) mass is 224 g/mol. The molecular weight excluding hydrogens is 212 g/mol. The number of benzene rings is 1. The number of aromatic nitrogens is 2. The van der Waals surface area contributed by atoms with Gasteiger partial charge in [0, 0.05) is 5.56 Å². The van der Waals surface area contributed by atoms with Gasteiger partial charge in [-0.05, 0) is 19.1 Å². The number of furan rings is 1. The molecule has 1 N–H and O–H groups in total. The lowest BCUT2D eigenvalue weighted by Gasteiger charge is -1.97. The van der Waals surface area contributed by atoms with Crippen molar-refractivity contribution in [2.24, 2.45) is 0 Å². The Hall–Kier alpha value is -2.29. The van der Waals surface area contributed by atoms with Crippen molar-refractivity contribution >= 4 is 0 Å². The van der Waals surface area contributed by atoms with Crippen LogP contribution in [-0.2, 0) is 0 Å². The highest BCUT2D eigenvalue weighted by atomic mass is 16.3. The van der Waals surface area contributed by atoms with Crippen LogP contribution in [0.4, 0.5) is 0 Å². The van der Waals surface area contributed by atoms with Crippen LogP contribution >= 0.6 is 0 Å². The number of aryl methyl sites for hydroxylation is 1. The average molecular weight is 224 g/mol. The van der Waals surface area contributed by atoms with Crippen molar-refractivity contribution in [3.05, 3.63) is 54.5 Å². The number of hydrogen-bond acceptors (Lipinski definition) is 2. The summed E-state index contributed by atoms with van der Waals surface area (Å²) < 4.78 is 5.78. The van der Waals surface area contributed by atoms with E-state index in [1.807, 2.05) is 12.1 Å². The molecular formula is C14H12N2O. The van der Waals surface area contributed by atoms with Crippen LogP contribution in [0.1, 0.15) is 5.56 Å². The van der Waals surface area contributed by atoms with Gasteiger partial charge in [0.15, 0.2) is 5.76 Å². The van der Waals surface area contributed by atoms with Crippen LogP contribution in [0.2, 0.25) is 0 Å². The molecule has 3 rings (SSSR count). The molecule has 0 fully saturated rings. The van der Waals surface area contributed by atoms with E-state index < -0.39 is 0 Å². The summed E-state index contributed by atoms with van der Waals surface area (Å²) in [6.07, 6.45) is 3.39. The predicted octanol–water partition coefficient (Wildman–Crippen LogP) is 3.65. The molecule has 0 atom stereocenters. The first kappa shape index (κ1) is 9.90. The molecule has 84 valence electrons. The Morgan fingerprint density at radius 1 is 1.00 bits per heavy atom. The van der Waals surface area contributed by atoms with Crippen LogP contribution < -0.4 is 0 Å². The Balaban J connectivity index is 1.98. The van der Waals surface area contributed by atoms with E-state index in [4.69, 9.17) is 4.42 Å². The van der Waals surface area contributed by atoms with Crippen molar-refractivity contribution in [2.75, 3.05) is 0 Å². The highest BCUT2D eigenvalue weighted by Crippen LogP contribution is 2.27. The molecule has 2 aromatic heterocycles. The molecule has 0 saturated carbocycles. The molecule has 2 heterocycles. The van der Waals surface area contributed by atoms with E-state index in [9.17, 15) is 0 Å². The molecule has 3 heteroatoms. The molecule has 0 aliphatic heterocycles. The van der Waals surface area contributed by atoms with Crippen molar-refractivity contribution in [1.82, 2.24) is 9.97 Å². The summed E-state index contributed by atoms with van der Waals surface area (Å²) in [5.74, 6) is 1.67. The van der Waals surface area contributed by atoms with Gasteiger partial charge < -0.3 is 9.40 Å². The molecule has 3 nitrogen and oxygen atoms in total. The van der Waals surface area contributed by atoms with E-state index in [1.165, 1.54) is 5.56 Å². The minimum Gasteiger partial charge on any atom is -0.454 e. The van der Waals surface area contributed by atoms with Crippen molar-refractivity contribution < 1.29 is 4.42 Å². The fraction of sp³-hybridized carbons (Fsp3) is 0.0714. The summed E-state index contributed by atoms with van der Waals surface area (Å²) in [5.41, 5.74) is 3.22. The van der Waals surface area contributed by atoms with Gasteiger partial charge in [-0.15, -0.1) is 0 Å². The smallest absolute Gasteiger partial charge is 0.152 e. The van der Waals surface area contributed by atoms with Crippen molar-refractivity contribution in [3.63, 3.8) is 0 Å². The van der Waals surface area contributed by atoms with Crippen LogP contribution in [0.15, 0.2) is 53.3 Å². The first-order valence-electron chi connectivity index (χ1n) is 5.48. The third-order valence-electron chi connectivity index (χ3n) is 2.71. The van der Waals surface area contributed by atoms with E-state index in [-0.39, 0.29) is 0 Å². The number of imidazole rings is 1. The van der Waals surface area contributed by atoms with E-state index in [1.54, 1.807) is 12.5 Å². The maximum atomic E-state index is 5.78. The van der Waals surface area contributed by atoms with E-state index in [2.05, 4.69) is 41.2 Å². The Kier molecular flexibility index (Phi) is 2.29. The number of rotatable bonds is 2. The highest BCUT2D eigenvalue weighted by molar-refractivity contribution is 5.62. The number of hydrogen-bond donors (Lipinski definition) is 1. The van der Waals surface area contributed by atoms with Gasteiger partial charge in [0.1, 0.15) is 11.5 Å². The average Bonchev–Trinajstić information content (AvgIpc) is 3.00. The van der Waals surface area contributed by atoms with Crippen LogP contribution in [0.25, 0.3) is 22.8 Å². The fourth-order valence-electron chi connectivity index (χ4n) is 1.75. The SMILES string of the molecule is Cc1ccc(-c2ccc(-c3cnc[nH]3)o2)cc1. The van der Waals surface area contributed by atoms with Crippen molar-refractivity contribution in [2.45, 2.75) is 6.92 Å². The molecule has 0 spiro atoms. The summed E-state index contributed by atoms with van der Waals surface area (Å²) in [5, 5.41) is 0. The lowest BCUT2D eigenvalue weighted by atomic mass is 10.1. The number of aromatic amines is 1. The molecule has 0 bridgehead atoms. The van der Waals surface area contributed by atoms with Crippen LogP contribution in [0.3, 0.4) is 0 Å². The third kappa shape index (κ3) is 1.87. The maximum Gasteiger partial charge on any atom is 0.152 e. The normalized spacial score (nSPS) is 10.6. The van der Waals surface area contributed by atoms with Gasteiger partial charge in [-0.2, -0.15) is 0 Å². The summed E-state index contributed by atoms with van der Waals surface area (Å²) in [4.78, 5) is 7.00. The summed E-state index contributed by atoms with van der Waals surface area (Å²) in [6, 6.07) is 12.2. The first-order valence-corrected chi connectivity index (χ1v) is 5.48. The maximum absolute atomic E-state index is 5.78. The molecule has 0 unspecified atom stereocenters. The number of H-pyrrole nitrogens is 1. The van der Waals surface area contributed by atoms with Crippen molar-refractivity contribution in [3.8, 4) is 22.8 Å². The lowest BCUT2D eigenvalue weighted by Crippen LogP contribution is -1.75. The Labute approximate surface area is 99.1 Å². The summed E-state index contributed by atoms with van der Waals surface area (Å²) in [7, 11) is 0. The van der Waals surface area contributed by atoms with E-state index in [0.717, 1.165) is 22.8 Å². The van der Waals surface area contributed by atoms with Gasteiger partial charge in [-0.1, -0.05) is 29.8 Å². The first-order chi connectivity index (χ1) is 8.33. The fourth-order valence-corrected chi connectivity index (χ4v) is 1.75. The molecule has 17 heavy (non-hydrogen) atoms. The van der Waals surface area contributed by atoms with Gasteiger partial charge in [0.05, 0.1) is 12.5 Å². The highest BCUT2D eigenvalue weighted by Gasteiger charge is 2.07. The molecule has 0 aliphatic rings. The Morgan fingerprint density at radius 3 is 2.47 bits per heavy atom. The van der Waals surface area contributed by atoms with Crippen molar-refractivity contribution in [1.29, 1.82) is 0 Å². The topological polar surface area (TPSA) is 41.8 Å². The minimum absolute atomic E-state index is 0.804. The second-order valence-corrected chi connectivity index (χ2v) is 4.00. The van der Waals surface area contributed by atoms with Gasteiger partial charge in [0.2, 0.25) is 0 Å². The zero-order valence-corrected chi connectivity index (χ0v) is 9.47. The van der Waals surface area contributed by atoms with Crippen LogP contribution in [0.5, 0.6) is 0 Å². The zero-order chi connectivity index (χ0) is 11.7. The Morgan fingerprint density at radius 2 is 1.76 bits per heavy atom. The second-order valence-electron chi connectivity index (χ2n) is 4.00.